The minimum Gasteiger partial charge on any atom is -0.166 e. The molecule has 4 aromatic carbocycles. The first-order valence-corrected chi connectivity index (χ1v) is 8.65. The molecule has 0 unspecified atom stereocenters. The average molecular weight is 433 g/mol. The highest BCUT2D eigenvalue weighted by Gasteiger charge is 2.32. The molecule has 0 spiro atoms. The van der Waals surface area contributed by atoms with Crippen LogP contribution in [0.2, 0.25) is 10.0 Å². The largest absolute Gasteiger partial charge is 0.416 e. The molecular formula is C20H8Cl2F6. The molecule has 4 aromatic rings. The van der Waals surface area contributed by atoms with Gasteiger partial charge in [0.05, 0.1) is 11.1 Å². The smallest absolute Gasteiger partial charge is 0.166 e. The molecule has 144 valence electrons. The summed E-state index contributed by atoms with van der Waals surface area (Å²) < 4.78 is 78.2. The minimum atomic E-state index is -4.55. The van der Waals surface area contributed by atoms with E-state index in [-0.39, 0.29) is 20.8 Å². The fourth-order valence-electron chi connectivity index (χ4n) is 3.38. The van der Waals surface area contributed by atoms with E-state index in [9.17, 15) is 26.3 Å². The second-order valence-electron chi connectivity index (χ2n) is 6.33. The first-order valence-electron chi connectivity index (χ1n) is 7.89. The zero-order valence-corrected chi connectivity index (χ0v) is 15.2. The Morgan fingerprint density at radius 1 is 0.536 bits per heavy atom. The first kappa shape index (κ1) is 19.2. The van der Waals surface area contributed by atoms with E-state index < -0.39 is 23.5 Å². The van der Waals surface area contributed by atoms with Gasteiger partial charge in [-0.3, -0.25) is 0 Å². The molecule has 0 atom stereocenters. The van der Waals surface area contributed by atoms with Gasteiger partial charge in [0.25, 0.3) is 0 Å². The van der Waals surface area contributed by atoms with Crippen LogP contribution in [0.3, 0.4) is 0 Å². The lowest BCUT2D eigenvalue weighted by molar-refractivity contribution is -0.138. The Morgan fingerprint density at radius 2 is 0.893 bits per heavy atom. The molecule has 0 aromatic heterocycles. The van der Waals surface area contributed by atoms with Gasteiger partial charge in [-0.05, 0) is 45.8 Å². The van der Waals surface area contributed by atoms with Crippen molar-refractivity contribution in [1.29, 1.82) is 0 Å². The second kappa shape index (κ2) is 6.16. The predicted molar refractivity (Wildman–Crippen MR) is 99.0 cm³/mol. The first-order chi connectivity index (χ1) is 13.0. The topological polar surface area (TPSA) is 0 Å². The number of hydrogen-bond acceptors (Lipinski definition) is 0. The summed E-state index contributed by atoms with van der Waals surface area (Å²) in [5.41, 5.74) is -1.75. The van der Waals surface area contributed by atoms with Crippen molar-refractivity contribution in [3.8, 4) is 0 Å². The molecule has 0 radical (unpaired) electrons. The maximum Gasteiger partial charge on any atom is 0.416 e. The highest BCUT2D eigenvalue weighted by molar-refractivity contribution is 6.41. The van der Waals surface area contributed by atoms with Crippen molar-refractivity contribution in [3.63, 3.8) is 0 Å². The third-order valence-electron chi connectivity index (χ3n) is 4.58. The van der Waals surface area contributed by atoms with Gasteiger partial charge in [-0.1, -0.05) is 47.5 Å². The standard InChI is InChI=1S/C20H8Cl2F6/c21-15-7-11(19(23,24)25)5-9-1-3-13-14(17(9)15)4-2-10-6-12(20(26,27)28)8-16(22)18(10)13/h1-8H. The zero-order valence-electron chi connectivity index (χ0n) is 13.6. The SMILES string of the molecule is FC(F)(F)c1cc(Cl)c2c(ccc3c2ccc2cc(C(F)(F)F)cc(Cl)c23)c1. The van der Waals surface area contributed by atoms with Crippen LogP contribution in [0.15, 0.2) is 48.5 Å². The van der Waals surface area contributed by atoms with Gasteiger partial charge >= 0.3 is 12.4 Å². The van der Waals surface area contributed by atoms with Gasteiger partial charge in [0, 0.05) is 20.8 Å². The lowest BCUT2D eigenvalue weighted by Gasteiger charge is -2.14. The highest BCUT2D eigenvalue weighted by atomic mass is 35.5. The van der Waals surface area contributed by atoms with Gasteiger partial charge in [-0.25, -0.2) is 0 Å². The van der Waals surface area contributed by atoms with E-state index in [1.165, 1.54) is 24.3 Å². The van der Waals surface area contributed by atoms with E-state index in [4.69, 9.17) is 23.2 Å². The summed E-state index contributed by atoms with van der Waals surface area (Å²) in [5, 5.41) is 2.12. The summed E-state index contributed by atoms with van der Waals surface area (Å²) in [7, 11) is 0. The van der Waals surface area contributed by atoms with Crippen LogP contribution in [0, 0.1) is 0 Å². The van der Waals surface area contributed by atoms with Crippen LogP contribution in [-0.2, 0) is 12.4 Å². The van der Waals surface area contributed by atoms with Gasteiger partial charge < -0.3 is 0 Å². The van der Waals surface area contributed by atoms with Crippen LogP contribution in [0.5, 0.6) is 0 Å². The monoisotopic (exact) mass is 432 g/mol. The second-order valence-corrected chi connectivity index (χ2v) is 7.15. The fraction of sp³-hybridized carbons (Fsp3) is 0.100. The highest BCUT2D eigenvalue weighted by Crippen LogP contribution is 2.42. The molecule has 0 bridgehead atoms. The third-order valence-corrected chi connectivity index (χ3v) is 5.18. The Balaban J connectivity index is 2.09. The normalized spacial score (nSPS) is 13.0. The molecule has 0 heterocycles. The molecule has 0 fully saturated rings. The summed E-state index contributed by atoms with van der Waals surface area (Å²) >= 11 is 12.3. The van der Waals surface area contributed by atoms with E-state index in [2.05, 4.69) is 0 Å². The number of alkyl halides is 6. The molecular weight excluding hydrogens is 425 g/mol. The summed E-state index contributed by atoms with van der Waals surface area (Å²) in [6, 6.07) is 9.62. The molecule has 0 aliphatic carbocycles. The van der Waals surface area contributed by atoms with E-state index in [1.807, 2.05) is 0 Å². The molecule has 0 nitrogen and oxygen atoms in total. The van der Waals surface area contributed by atoms with Crippen LogP contribution in [0.25, 0.3) is 32.3 Å². The molecule has 0 aliphatic heterocycles. The average Bonchev–Trinajstić information content (AvgIpc) is 2.58. The fourth-order valence-corrected chi connectivity index (χ4v) is 4.03. The molecule has 8 heteroatoms. The third kappa shape index (κ3) is 3.05. The van der Waals surface area contributed by atoms with E-state index in [0.717, 1.165) is 24.3 Å². The van der Waals surface area contributed by atoms with Crippen molar-refractivity contribution < 1.29 is 26.3 Å². The Kier molecular flexibility index (Phi) is 4.21. The van der Waals surface area contributed by atoms with Crippen molar-refractivity contribution in [2.45, 2.75) is 12.4 Å². The van der Waals surface area contributed by atoms with Gasteiger partial charge in [0.15, 0.2) is 0 Å². The van der Waals surface area contributed by atoms with Crippen LogP contribution >= 0.6 is 23.2 Å². The zero-order chi connectivity index (χ0) is 20.4. The quantitative estimate of drug-likeness (QED) is 0.193. The minimum absolute atomic E-state index is 0.0993. The van der Waals surface area contributed by atoms with Crippen LogP contribution in [-0.4, -0.2) is 0 Å². The Hall–Kier alpha value is -2.18. The van der Waals surface area contributed by atoms with Crippen molar-refractivity contribution >= 4 is 55.5 Å². The molecule has 28 heavy (non-hydrogen) atoms. The number of fused-ring (bicyclic) bond motifs is 5. The summed E-state index contributed by atoms with van der Waals surface area (Å²) in [6.45, 7) is 0. The maximum absolute atomic E-state index is 13.0. The Bertz CT molecular complexity index is 1160. The van der Waals surface area contributed by atoms with Crippen molar-refractivity contribution in [2.75, 3.05) is 0 Å². The number of hydrogen-bond donors (Lipinski definition) is 0. The van der Waals surface area contributed by atoms with Gasteiger partial charge in [0.2, 0.25) is 0 Å². The number of rotatable bonds is 0. The van der Waals surface area contributed by atoms with Gasteiger partial charge in [0.1, 0.15) is 0 Å². The van der Waals surface area contributed by atoms with Crippen LogP contribution in [0.1, 0.15) is 11.1 Å². The van der Waals surface area contributed by atoms with E-state index in [0.29, 0.717) is 21.5 Å². The molecule has 0 saturated carbocycles. The molecule has 0 saturated heterocycles. The summed E-state index contributed by atoms with van der Waals surface area (Å²) in [6.07, 6.45) is -9.10. The van der Waals surface area contributed by atoms with Crippen LogP contribution < -0.4 is 0 Å². The number of benzene rings is 4. The Morgan fingerprint density at radius 3 is 1.21 bits per heavy atom. The van der Waals surface area contributed by atoms with Gasteiger partial charge in [-0.15, -0.1) is 0 Å². The molecule has 0 aliphatic rings. The van der Waals surface area contributed by atoms with Crippen molar-refractivity contribution in [1.82, 2.24) is 0 Å². The summed E-state index contributed by atoms with van der Waals surface area (Å²) in [4.78, 5) is 0. The lowest BCUT2D eigenvalue weighted by Crippen LogP contribution is -2.05. The Labute approximate surface area is 164 Å². The van der Waals surface area contributed by atoms with E-state index >= 15 is 0 Å². The summed E-state index contributed by atoms with van der Waals surface area (Å²) in [5.74, 6) is 0. The lowest BCUT2D eigenvalue weighted by atomic mass is 9.95. The van der Waals surface area contributed by atoms with Crippen molar-refractivity contribution in [3.05, 3.63) is 69.7 Å². The maximum atomic E-state index is 13.0. The number of halogens is 8. The van der Waals surface area contributed by atoms with Gasteiger partial charge in [-0.2, -0.15) is 26.3 Å². The van der Waals surface area contributed by atoms with E-state index in [1.54, 1.807) is 0 Å². The molecule has 0 N–H and O–H groups in total. The predicted octanol–water partition coefficient (Wildman–Crippen LogP) is 8.49. The molecule has 4 rings (SSSR count). The molecule has 0 amide bonds. The van der Waals surface area contributed by atoms with Crippen molar-refractivity contribution in [2.24, 2.45) is 0 Å². The van der Waals surface area contributed by atoms with Crippen LogP contribution in [0.4, 0.5) is 26.3 Å².